The van der Waals surface area contributed by atoms with Gasteiger partial charge in [0, 0.05) is 29.8 Å². The molecule has 0 spiro atoms. The van der Waals surface area contributed by atoms with Crippen LogP contribution in [0.1, 0.15) is 54.7 Å². The molecule has 4 atom stereocenters. The molecule has 0 aliphatic carbocycles. The van der Waals surface area contributed by atoms with Gasteiger partial charge in [0.15, 0.2) is 17.2 Å². The fourth-order valence-electron chi connectivity index (χ4n) is 5.68. The summed E-state index contributed by atoms with van der Waals surface area (Å²) in [5.74, 6) is -1.35. The van der Waals surface area contributed by atoms with E-state index in [0.717, 1.165) is 24.8 Å². The number of ether oxygens (including phenoxy) is 5. The van der Waals surface area contributed by atoms with Gasteiger partial charge in [-0.1, -0.05) is 60.5 Å². The first-order chi connectivity index (χ1) is 22.3. The van der Waals surface area contributed by atoms with Crippen molar-refractivity contribution in [1.29, 1.82) is 0 Å². The van der Waals surface area contributed by atoms with E-state index in [9.17, 15) is 14.4 Å². The minimum absolute atomic E-state index is 0.0255. The molecule has 10 nitrogen and oxygen atoms in total. The fourth-order valence-corrected chi connectivity index (χ4v) is 5.81. The summed E-state index contributed by atoms with van der Waals surface area (Å²) in [5, 5.41) is 3.48. The lowest BCUT2D eigenvalue weighted by atomic mass is 9.77. The maximum absolute atomic E-state index is 13.5. The van der Waals surface area contributed by atoms with Gasteiger partial charge in [-0.2, -0.15) is 0 Å². The van der Waals surface area contributed by atoms with Gasteiger partial charge in [-0.15, -0.1) is 0 Å². The first-order valence-corrected chi connectivity index (χ1v) is 15.9. The van der Waals surface area contributed by atoms with Crippen molar-refractivity contribution in [3.05, 3.63) is 88.7 Å². The molecule has 0 bridgehead atoms. The number of carbonyl (C=O) groups excluding carboxylic acids is 3. The normalized spacial score (nSPS) is 20.0. The summed E-state index contributed by atoms with van der Waals surface area (Å²) < 4.78 is 27.1. The molecule has 11 heteroatoms. The SMILES string of the molecule is CCOCC(=O)OCOc1c(OC)ccnc1C(=O)NC1CCCC(Cc2ccc(Cl)cc2)C(Cc2ccccc2)C(C)OC1=O. The van der Waals surface area contributed by atoms with Crippen molar-refractivity contribution in [3.63, 3.8) is 0 Å². The largest absolute Gasteiger partial charge is 0.493 e. The van der Waals surface area contributed by atoms with Gasteiger partial charge in [0.05, 0.1) is 7.11 Å². The minimum Gasteiger partial charge on any atom is -0.493 e. The van der Waals surface area contributed by atoms with Crippen molar-refractivity contribution in [2.24, 2.45) is 11.8 Å². The molecule has 1 aromatic heterocycles. The molecule has 0 radical (unpaired) electrons. The molecule has 4 rings (SSSR count). The van der Waals surface area contributed by atoms with Crippen molar-refractivity contribution in [3.8, 4) is 11.5 Å². The number of amides is 1. The maximum atomic E-state index is 13.5. The molecule has 46 heavy (non-hydrogen) atoms. The van der Waals surface area contributed by atoms with Crippen molar-refractivity contribution in [2.75, 3.05) is 27.1 Å². The number of cyclic esters (lactones) is 1. The van der Waals surface area contributed by atoms with Crippen LogP contribution in [0.2, 0.25) is 5.02 Å². The minimum atomic E-state index is -0.911. The molecule has 1 N–H and O–H groups in total. The first kappa shape index (κ1) is 34.7. The lowest BCUT2D eigenvalue weighted by molar-refractivity contribution is -0.155. The smallest absolute Gasteiger partial charge is 0.334 e. The van der Waals surface area contributed by atoms with Crippen LogP contribution in [-0.2, 0) is 36.6 Å². The zero-order valence-corrected chi connectivity index (χ0v) is 27.2. The molecule has 1 aliphatic heterocycles. The highest BCUT2D eigenvalue weighted by atomic mass is 35.5. The molecule has 4 unspecified atom stereocenters. The second-order valence-electron chi connectivity index (χ2n) is 11.1. The van der Waals surface area contributed by atoms with Gasteiger partial charge in [-0.05, 0) is 68.7 Å². The van der Waals surface area contributed by atoms with Crippen LogP contribution in [0.4, 0.5) is 0 Å². The van der Waals surface area contributed by atoms with E-state index in [0.29, 0.717) is 24.5 Å². The summed E-state index contributed by atoms with van der Waals surface area (Å²) >= 11 is 6.15. The molecule has 1 fully saturated rings. The summed E-state index contributed by atoms with van der Waals surface area (Å²) in [7, 11) is 1.41. The average Bonchev–Trinajstić information content (AvgIpc) is 3.10. The third-order valence-electron chi connectivity index (χ3n) is 8.04. The zero-order valence-electron chi connectivity index (χ0n) is 26.4. The molecule has 1 amide bonds. The summed E-state index contributed by atoms with van der Waals surface area (Å²) in [4.78, 5) is 43.1. The van der Waals surface area contributed by atoms with Gasteiger partial charge in [0.25, 0.3) is 5.91 Å². The molecule has 0 saturated carbocycles. The number of nitrogens with zero attached hydrogens (tertiary/aromatic N) is 1. The summed E-state index contributed by atoms with van der Waals surface area (Å²) in [6.07, 6.45) is 4.41. The van der Waals surface area contributed by atoms with Gasteiger partial charge < -0.3 is 29.0 Å². The van der Waals surface area contributed by atoms with E-state index in [4.69, 9.17) is 35.3 Å². The summed E-state index contributed by atoms with van der Waals surface area (Å²) in [6, 6.07) is 18.6. The third-order valence-corrected chi connectivity index (χ3v) is 8.30. The molecule has 2 heterocycles. The Kier molecular flexibility index (Phi) is 13.2. The average molecular weight is 653 g/mol. The molecular weight excluding hydrogens is 612 g/mol. The Hall–Kier alpha value is -4.15. The van der Waals surface area contributed by atoms with Gasteiger partial charge in [0.2, 0.25) is 6.79 Å². The number of methoxy groups -OCH3 is 1. The van der Waals surface area contributed by atoms with E-state index in [2.05, 4.69) is 22.4 Å². The van der Waals surface area contributed by atoms with E-state index in [1.165, 1.54) is 24.9 Å². The molecule has 1 saturated heterocycles. The number of hydrogen-bond acceptors (Lipinski definition) is 9. The second kappa shape index (κ2) is 17.5. The maximum Gasteiger partial charge on any atom is 0.334 e. The van der Waals surface area contributed by atoms with Crippen LogP contribution in [0.15, 0.2) is 66.9 Å². The fraction of sp³-hybridized carbons (Fsp3) is 0.429. The van der Waals surface area contributed by atoms with Crippen molar-refractivity contribution in [1.82, 2.24) is 10.3 Å². The van der Waals surface area contributed by atoms with Gasteiger partial charge >= 0.3 is 11.9 Å². The molecule has 1 aliphatic rings. The van der Waals surface area contributed by atoms with Gasteiger partial charge in [-0.3, -0.25) is 4.79 Å². The Morgan fingerprint density at radius 2 is 1.76 bits per heavy atom. The van der Waals surface area contributed by atoms with E-state index in [1.807, 2.05) is 49.4 Å². The predicted octanol–water partition coefficient (Wildman–Crippen LogP) is 5.59. The van der Waals surface area contributed by atoms with Crippen molar-refractivity contribution >= 4 is 29.4 Å². The highest BCUT2D eigenvalue weighted by Gasteiger charge is 2.35. The number of nitrogens with one attached hydrogen (secondary N) is 1. The lowest BCUT2D eigenvalue weighted by Crippen LogP contribution is -2.43. The Morgan fingerprint density at radius 1 is 1.02 bits per heavy atom. The molecule has 246 valence electrons. The number of aromatic nitrogens is 1. The summed E-state index contributed by atoms with van der Waals surface area (Å²) in [6.45, 7) is 3.32. The summed E-state index contributed by atoms with van der Waals surface area (Å²) in [5.41, 5.74) is 2.21. The Bertz CT molecular complexity index is 1440. The highest BCUT2D eigenvalue weighted by Crippen LogP contribution is 2.33. The van der Waals surface area contributed by atoms with E-state index in [1.54, 1.807) is 6.92 Å². The Morgan fingerprint density at radius 3 is 2.48 bits per heavy atom. The van der Waals surface area contributed by atoms with Crippen molar-refractivity contribution < 1.29 is 38.1 Å². The number of benzene rings is 2. The number of pyridine rings is 1. The molecule has 2 aromatic carbocycles. The molecular formula is C35H41ClN2O8. The van der Waals surface area contributed by atoms with Crippen LogP contribution < -0.4 is 14.8 Å². The van der Waals surface area contributed by atoms with Crippen LogP contribution in [-0.4, -0.2) is 62.1 Å². The zero-order chi connectivity index (χ0) is 32.9. The van der Waals surface area contributed by atoms with Crippen LogP contribution in [0.3, 0.4) is 0 Å². The lowest BCUT2D eigenvalue weighted by Gasteiger charge is -2.31. The third kappa shape index (κ3) is 9.92. The van der Waals surface area contributed by atoms with E-state index >= 15 is 0 Å². The number of esters is 2. The monoisotopic (exact) mass is 652 g/mol. The van der Waals surface area contributed by atoms with Crippen LogP contribution in [0, 0.1) is 11.8 Å². The topological polar surface area (TPSA) is 122 Å². The van der Waals surface area contributed by atoms with Crippen molar-refractivity contribution in [2.45, 2.75) is 58.1 Å². The van der Waals surface area contributed by atoms with Crippen LogP contribution >= 0.6 is 11.6 Å². The number of hydrogen-bond donors (Lipinski definition) is 1. The number of halogens is 1. The Labute approximate surface area is 274 Å². The van der Waals surface area contributed by atoms with Crippen LogP contribution in [0.25, 0.3) is 0 Å². The standard InChI is InChI=1S/C35H41ClN2O8/c1-4-43-21-31(39)44-22-45-33-30(42-3)17-18-37-32(33)34(40)38-29-12-8-11-26(19-25-13-15-27(36)16-14-25)28(23(2)46-35(29)41)20-24-9-6-5-7-10-24/h5-7,9-10,13-18,23,26,28-29H,4,8,11-12,19-22H2,1-3H3,(H,38,40). The quantitative estimate of drug-likeness (QED) is 0.186. The number of rotatable bonds is 13. The highest BCUT2D eigenvalue weighted by molar-refractivity contribution is 6.30. The van der Waals surface area contributed by atoms with Crippen LogP contribution in [0.5, 0.6) is 11.5 Å². The van der Waals surface area contributed by atoms with E-state index < -0.39 is 36.8 Å². The van der Waals surface area contributed by atoms with Gasteiger partial charge in [-0.25, -0.2) is 14.6 Å². The Balaban J connectivity index is 1.50. The number of carbonyl (C=O) groups is 3. The first-order valence-electron chi connectivity index (χ1n) is 15.5. The second-order valence-corrected chi connectivity index (χ2v) is 11.6. The van der Waals surface area contributed by atoms with Gasteiger partial charge in [0.1, 0.15) is 18.8 Å². The van der Waals surface area contributed by atoms with E-state index in [-0.39, 0.29) is 35.6 Å². The molecule has 3 aromatic rings. The predicted molar refractivity (Wildman–Crippen MR) is 172 cm³/mol.